The smallest absolute Gasteiger partial charge is 0.257 e. The Morgan fingerprint density at radius 1 is 1.30 bits per heavy atom. The first-order valence-electron chi connectivity index (χ1n) is 9.03. The van der Waals surface area contributed by atoms with Crippen LogP contribution in [0.5, 0.6) is 0 Å². The molecule has 130 valence electrons. The molecule has 1 saturated carbocycles. The van der Waals surface area contributed by atoms with Gasteiger partial charge in [-0.1, -0.05) is 46.2 Å². The SMILES string of the molecule is CCC(C)(C)C1CCC(NC(=O)c2c(C)noc2C(C)C)CC1. The number of rotatable bonds is 5. The fourth-order valence-electron chi connectivity index (χ4n) is 3.62. The summed E-state index contributed by atoms with van der Waals surface area (Å²) < 4.78 is 5.33. The van der Waals surface area contributed by atoms with Gasteiger partial charge in [0.25, 0.3) is 5.91 Å². The Bertz CT molecular complexity index is 538. The third kappa shape index (κ3) is 3.96. The lowest BCUT2D eigenvalue weighted by Crippen LogP contribution is -2.40. The predicted octanol–water partition coefficient (Wildman–Crippen LogP) is 4.83. The lowest BCUT2D eigenvalue weighted by atomic mass is 9.69. The third-order valence-electron chi connectivity index (χ3n) is 5.72. The number of nitrogens with zero attached hydrogens (tertiary/aromatic N) is 1. The molecule has 1 heterocycles. The zero-order chi connectivity index (χ0) is 17.2. The Morgan fingerprint density at radius 2 is 1.91 bits per heavy atom. The van der Waals surface area contributed by atoms with E-state index >= 15 is 0 Å². The van der Waals surface area contributed by atoms with Gasteiger partial charge < -0.3 is 9.84 Å². The van der Waals surface area contributed by atoms with Gasteiger partial charge in [0.1, 0.15) is 5.56 Å². The minimum absolute atomic E-state index is 0.0225. The summed E-state index contributed by atoms with van der Waals surface area (Å²) in [6, 6.07) is 0.278. The minimum Gasteiger partial charge on any atom is -0.360 e. The second kappa shape index (κ2) is 7.06. The number of amides is 1. The van der Waals surface area contributed by atoms with Crippen molar-refractivity contribution < 1.29 is 9.32 Å². The Morgan fingerprint density at radius 3 is 2.43 bits per heavy atom. The van der Waals surface area contributed by atoms with Crippen molar-refractivity contribution in [2.45, 2.75) is 85.6 Å². The fourth-order valence-corrected chi connectivity index (χ4v) is 3.62. The minimum atomic E-state index is -0.0225. The van der Waals surface area contributed by atoms with Gasteiger partial charge in [0.2, 0.25) is 0 Å². The van der Waals surface area contributed by atoms with E-state index in [1.807, 2.05) is 20.8 Å². The summed E-state index contributed by atoms with van der Waals surface area (Å²) in [6.07, 6.45) is 5.76. The van der Waals surface area contributed by atoms with Crippen molar-refractivity contribution in [2.24, 2.45) is 11.3 Å². The predicted molar refractivity (Wildman–Crippen MR) is 92.6 cm³/mol. The lowest BCUT2D eigenvalue weighted by molar-refractivity contribution is 0.0890. The second-order valence-corrected chi connectivity index (χ2v) is 8.03. The molecule has 4 heteroatoms. The highest BCUT2D eigenvalue weighted by atomic mass is 16.5. The summed E-state index contributed by atoms with van der Waals surface area (Å²) in [5.41, 5.74) is 1.73. The van der Waals surface area contributed by atoms with E-state index in [1.54, 1.807) is 0 Å². The van der Waals surface area contributed by atoms with Gasteiger partial charge in [0.15, 0.2) is 5.76 Å². The van der Waals surface area contributed by atoms with E-state index in [0.717, 1.165) is 18.8 Å². The number of carbonyl (C=O) groups excluding carboxylic acids is 1. The Hall–Kier alpha value is -1.32. The number of nitrogens with one attached hydrogen (secondary N) is 1. The van der Waals surface area contributed by atoms with Crippen molar-refractivity contribution in [2.75, 3.05) is 0 Å². The van der Waals surface area contributed by atoms with E-state index in [0.29, 0.717) is 22.4 Å². The van der Waals surface area contributed by atoms with Crippen LogP contribution in [-0.2, 0) is 0 Å². The molecule has 0 aromatic carbocycles. The molecule has 0 saturated heterocycles. The molecule has 1 aliphatic carbocycles. The molecule has 4 nitrogen and oxygen atoms in total. The highest BCUT2D eigenvalue weighted by Crippen LogP contribution is 2.40. The molecule has 1 aromatic rings. The van der Waals surface area contributed by atoms with Crippen LogP contribution in [-0.4, -0.2) is 17.1 Å². The van der Waals surface area contributed by atoms with Crippen LogP contribution in [0.3, 0.4) is 0 Å². The van der Waals surface area contributed by atoms with E-state index < -0.39 is 0 Å². The molecule has 0 aliphatic heterocycles. The molecule has 2 rings (SSSR count). The lowest BCUT2D eigenvalue weighted by Gasteiger charge is -2.39. The van der Waals surface area contributed by atoms with Gasteiger partial charge in [-0.2, -0.15) is 0 Å². The molecular formula is C19H32N2O2. The molecule has 1 aliphatic rings. The van der Waals surface area contributed by atoms with E-state index in [2.05, 4.69) is 31.2 Å². The van der Waals surface area contributed by atoms with Crippen LogP contribution in [0.2, 0.25) is 0 Å². The van der Waals surface area contributed by atoms with Crippen LogP contribution in [0, 0.1) is 18.3 Å². The van der Waals surface area contributed by atoms with Gasteiger partial charge in [0.05, 0.1) is 5.69 Å². The van der Waals surface area contributed by atoms with Gasteiger partial charge in [-0.05, 0) is 43.9 Å². The summed E-state index contributed by atoms with van der Waals surface area (Å²) in [5.74, 6) is 1.61. The average Bonchev–Trinajstić information content (AvgIpc) is 2.90. The first kappa shape index (κ1) is 18.0. The van der Waals surface area contributed by atoms with Crippen molar-refractivity contribution in [3.8, 4) is 0 Å². The number of aromatic nitrogens is 1. The largest absolute Gasteiger partial charge is 0.360 e. The number of carbonyl (C=O) groups is 1. The maximum Gasteiger partial charge on any atom is 0.257 e. The first-order chi connectivity index (χ1) is 10.8. The molecular weight excluding hydrogens is 288 g/mol. The maximum atomic E-state index is 12.6. The molecule has 0 unspecified atom stereocenters. The van der Waals surface area contributed by atoms with E-state index in [1.165, 1.54) is 19.3 Å². The standard InChI is InChI=1S/C19H32N2O2/c1-7-19(5,6)14-8-10-15(11-9-14)20-18(22)16-13(4)21-23-17(16)12(2)3/h12,14-15H,7-11H2,1-6H3,(H,20,22). The summed E-state index contributed by atoms with van der Waals surface area (Å²) in [4.78, 5) is 12.6. The topological polar surface area (TPSA) is 55.1 Å². The van der Waals surface area contributed by atoms with Gasteiger partial charge in [-0.15, -0.1) is 0 Å². The van der Waals surface area contributed by atoms with Gasteiger partial charge in [-0.25, -0.2) is 0 Å². The molecule has 0 atom stereocenters. The summed E-state index contributed by atoms with van der Waals surface area (Å²) in [7, 11) is 0. The maximum absolute atomic E-state index is 12.6. The summed E-state index contributed by atoms with van der Waals surface area (Å²) >= 11 is 0. The van der Waals surface area contributed by atoms with Crippen LogP contribution >= 0.6 is 0 Å². The zero-order valence-corrected chi connectivity index (χ0v) is 15.5. The van der Waals surface area contributed by atoms with Crippen LogP contribution in [0.1, 0.15) is 94.5 Å². The quantitative estimate of drug-likeness (QED) is 0.845. The fraction of sp³-hybridized carbons (Fsp3) is 0.789. The van der Waals surface area contributed by atoms with Crippen LogP contribution in [0.4, 0.5) is 0 Å². The van der Waals surface area contributed by atoms with Crippen LogP contribution < -0.4 is 5.32 Å². The Labute approximate surface area is 140 Å². The first-order valence-corrected chi connectivity index (χ1v) is 9.03. The molecule has 23 heavy (non-hydrogen) atoms. The molecule has 0 radical (unpaired) electrons. The van der Waals surface area contributed by atoms with Crippen molar-refractivity contribution in [3.05, 3.63) is 17.0 Å². The number of aryl methyl sites for hydroxylation is 1. The van der Waals surface area contributed by atoms with E-state index in [-0.39, 0.29) is 17.9 Å². The normalized spacial score (nSPS) is 22.4. The van der Waals surface area contributed by atoms with Crippen molar-refractivity contribution in [1.82, 2.24) is 10.5 Å². The number of hydrogen-bond acceptors (Lipinski definition) is 3. The molecule has 0 spiro atoms. The number of hydrogen-bond donors (Lipinski definition) is 1. The second-order valence-electron chi connectivity index (χ2n) is 8.03. The Kier molecular flexibility index (Phi) is 5.53. The average molecular weight is 320 g/mol. The highest BCUT2D eigenvalue weighted by molar-refractivity contribution is 5.96. The van der Waals surface area contributed by atoms with Crippen molar-refractivity contribution in [3.63, 3.8) is 0 Å². The van der Waals surface area contributed by atoms with E-state index in [4.69, 9.17) is 4.52 Å². The summed E-state index contributed by atoms with van der Waals surface area (Å²) in [5, 5.41) is 7.18. The van der Waals surface area contributed by atoms with Crippen LogP contribution in [0.25, 0.3) is 0 Å². The molecule has 1 aromatic heterocycles. The Balaban J connectivity index is 1.97. The van der Waals surface area contributed by atoms with Crippen molar-refractivity contribution >= 4 is 5.91 Å². The van der Waals surface area contributed by atoms with E-state index in [9.17, 15) is 4.79 Å². The third-order valence-corrected chi connectivity index (χ3v) is 5.72. The molecule has 1 amide bonds. The zero-order valence-electron chi connectivity index (χ0n) is 15.5. The molecule has 1 N–H and O–H groups in total. The molecule has 0 bridgehead atoms. The van der Waals surface area contributed by atoms with Gasteiger partial charge in [-0.3, -0.25) is 4.79 Å². The van der Waals surface area contributed by atoms with Crippen molar-refractivity contribution in [1.29, 1.82) is 0 Å². The monoisotopic (exact) mass is 320 g/mol. The van der Waals surface area contributed by atoms with Crippen LogP contribution in [0.15, 0.2) is 4.52 Å². The summed E-state index contributed by atoms with van der Waals surface area (Å²) in [6.45, 7) is 12.9. The van der Waals surface area contributed by atoms with Gasteiger partial charge in [0, 0.05) is 12.0 Å². The van der Waals surface area contributed by atoms with Gasteiger partial charge >= 0.3 is 0 Å². The highest BCUT2D eigenvalue weighted by Gasteiger charge is 2.33. The molecule has 1 fully saturated rings.